The fourth-order valence-corrected chi connectivity index (χ4v) is 1.10. The Bertz CT molecular complexity index is 377. The third-order valence-electron chi connectivity index (χ3n) is 1.61. The summed E-state index contributed by atoms with van der Waals surface area (Å²) in [4.78, 5) is 0. The molecule has 0 N–H and O–H groups in total. The van der Waals surface area contributed by atoms with Gasteiger partial charge in [-0.15, -0.1) is 6.42 Å². The molecule has 0 atom stereocenters. The van der Waals surface area contributed by atoms with Gasteiger partial charge in [0.2, 0.25) is 0 Å². The first-order chi connectivity index (χ1) is 6.13. The maximum absolute atomic E-state index is 12.8. The minimum atomic E-state index is -0.258. The molecule has 0 radical (unpaired) electrons. The van der Waals surface area contributed by atoms with Gasteiger partial charge in [-0.05, 0) is 37.6 Å². The third kappa shape index (κ3) is 2.45. The lowest BCUT2D eigenvalue weighted by molar-refractivity contribution is 0.627. The number of rotatable bonds is 1. The van der Waals surface area contributed by atoms with Crippen molar-refractivity contribution in [1.82, 2.24) is 0 Å². The molecule has 0 saturated heterocycles. The van der Waals surface area contributed by atoms with Gasteiger partial charge in [-0.1, -0.05) is 17.6 Å². The van der Waals surface area contributed by atoms with Gasteiger partial charge in [0, 0.05) is 5.56 Å². The van der Waals surface area contributed by atoms with Crippen LogP contribution in [0.25, 0.3) is 6.08 Å². The van der Waals surface area contributed by atoms with Crippen LogP contribution in [0.3, 0.4) is 0 Å². The average Bonchev–Trinajstić information content (AvgIpc) is 2.03. The maximum Gasteiger partial charge on any atom is 0.123 e. The number of hydrogen-bond acceptors (Lipinski definition) is 0. The van der Waals surface area contributed by atoms with Crippen LogP contribution >= 0.6 is 0 Å². The number of halogens is 1. The molecule has 0 fully saturated rings. The lowest BCUT2D eigenvalue weighted by atomic mass is 10.1. The molecule has 0 unspecified atom stereocenters. The zero-order valence-corrected chi connectivity index (χ0v) is 7.76. The van der Waals surface area contributed by atoms with Crippen molar-refractivity contribution in [2.45, 2.75) is 13.8 Å². The molecule has 1 aromatic carbocycles. The molecule has 0 aliphatic heterocycles. The molecule has 0 saturated carbocycles. The van der Waals surface area contributed by atoms with Crippen LogP contribution in [0.1, 0.15) is 25.0 Å². The van der Waals surface area contributed by atoms with Gasteiger partial charge >= 0.3 is 0 Å². The molecular formula is C12H11F. The Morgan fingerprint density at radius 1 is 1.46 bits per heavy atom. The topological polar surface area (TPSA) is 0 Å². The molecule has 1 rings (SSSR count). The van der Waals surface area contributed by atoms with Gasteiger partial charge < -0.3 is 0 Å². The van der Waals surface area contributed by atoms with Gasteiger partial charge in [-0.2, -0.15) is 0 Å². The minimum Gasteiger partial charge on any atom is -0.207 e. The van der Waals surface area contributed by atoms with Crippen LogP contribution in [0.4, 0.5) is 4.39 Å². The Morgan fingerprint density at radius 2 is 2.15 bits per heavy atom. The lowest BCUT2D eigenvalue weighted by Crippen LogP contribution is -1.84. The predicted molar refractivity (Wildman–Crippen MR) is 53.7 cm³/mol. The minimum absolute atomic E-state index is 0.258. The summed E-state index contributed by atoms with van der Waals surface area (Å²) in [7, 11) is 0. The van der Waals surface area contributed by atoms with Crippen LogP contribution in [0.5, 0.6) is 0 Å². The van der Waals surface area contributed by atoms with Crippen LogP contribution in [0.15, 0.2) is 23.8 Å². The Balaban J connectivity index is 3.26. The van der Waals surface area contributed by atoms with Gasteiger partial charge in [0.1, 0.15) is 5.82 Å². The summed E-state index contributed by atoms with van der Waals surface area (Å²) in [5.41, 5.74) is 2.59. The average molecular weight is 174 g/mol. The first-order valence-electron chi connectivity index (χ1n) is 4.04. The van der Waals surface area contributed by atoms with Crippen molar-refractivity contribution in [3.8, 4) is 12.3 Å². The smallest absolute Gasteiger partial charge is 0.123 e. The van der Waals surface area contributed by atoms with Crippen LogP contribution in [-0.4, -0.2) is 0 Å². The highest BCUT2D eigenvalue weighted by Gasteiger charge is 1.98. The summed E-state index contributed by atoms with van der Waals surface area (Å²) in [6.07, 6.45) is 7.15. The summed E-state index contributed by atoms with van der Waals surface area (Å²) in [5, 5.41) is 0. The van der Waals surface area contributed by atoms with Crippen molar-refractivity contribution in [3.63, 3.8) is 0 Å². The first-order valence-corrected chi connectivity index (χ1v) is 4.04. The fourth-order valence-electron chi connectivity index (χ4n) is 1.10. The van der Waals surface area contributed by atoms with Crippen LogP contribution < -0.4 is 0 Å². The molecule has 0 nitrogen and oxygen atoms in total. The summed E-state index contributed by atoms with van der Waals surface area (Å²) in [5.74, 6) is 2.26. The standard InChI is InChI=1S/C12H11F/c1-4-10-5-6-12(13)8-11(10)7-9(2)3/h1,5-8H,2-3H3. The number of terminal acetylenes is 1. The van der Waals surface area contributed by atoms with E-state index < -0.39 is 0 Å². The number of allylic oxidation sites excluding steroid dienone is 1. The fraction of sp³-hybridized carbons (Fsp3) is 0.167. The number of benzene rings is 1. The molecule has 1 heteroatoms. The van der Waals surface area contributed by atoms with E-state index in [-0.39, 0.29) is 5.82 Å². The summed E-state index contributed by atoms with van der Waals surface area (Å²) in [6.45, 7) is 3.90. The van der Waals surface area contributed by atoms with E-state index in [1.54, 1.807) is 6.07 Å². The van der Waals surface area contributed by atoms with E-state index >= 15 is 0 Å². The van der Waals surface area contributed by atoms with E-state index in [2.05, 4.69) is 5.92 Å². The molecule has 0 spiro atoms. The summed E-state index contributed by atoms with van der Waals surface area (Å²) >= 11 is 0. The molecule has 1 aromatic rings. The number of hydrogen-bond donors (Lipinski definition) is 0. The lowest BCUT2D eigenvalue weighted by Gasteiger charge is -1.99. The molecule has 0 aromatic heterocycles. The van der Waals surface area contributed by atoms with Gasteiger partial charge in [-0.3, -0.25) is 0 Å². The maximum atomic E-state index is 12.8. The third-order valence-corrected chi connectivity index (χ3v) is 1.61. The van der Waals surface area contributed by atoms with Crippen molar-refractivity contribution in [3.05, 3.63) is 40.7 Å². The molecule has 0 heterocycles. The van der Waals surface area contributed by atoms with Gasteiger partial charge in [0.15, 0.2) is 0 Å². The van der Waals surface area contributed by atoms with Crippen molar-refractivity contribution >= 4 is 6.08 Å². The molecular weight excluding hydrogens is 163 g/mol. The highest BCUT2D eigenvalue weighted by molar-refractivity contribution is 5.60. The van der Waals surface area contributed by atoms with E-state index in [4.69, 9.17) is 6.42 Å². The monoisotopic (exact) mass is 174 g/mol. The van der Waals surface area contributed by atoms with E-state index in [0.29, 0.717) is 0 Å². The van der Waals surface area contributed by atoms with E-state index in [9.17, 15) is 4.39 Å². The first kappa shape index (κ1) is 9.54. The molecule has 0 amide bonds. The normalized spacial score (nSPS) is 9.08. The van der Waals surface area contributed by atoms with E-state index in [1.807, 2.05) is 19.9 Å². The second-order valence-corrected chi connectivity index (χ2v) is 3.10. The zero-order valence-electron chi connectivity index (χ0n) is 7.76. The van der Waals surface area contributed by atoms with E-state index in [0.717, 1.165) is 16.7 Å². The summed E-state index contributed by atoms with van der Waals surface area (Å²) < 4.78 is 12.8. The molecule has 13 heavy (non-hydrogen) atoms. The van der Waals surface area contributed by atoms with Crippen molar-refractivity contribution in [1.29, 1.82) is 0 Å². The van der Waals surface area contributed by atoms with Crippen molar-refractivity contribution in [2.24, 2.45) is 0 Å². The Hall–Kier alpha value is -1.55. The van der Waals surface area contributed by atoms with Crippen LogP contribution in [-0.2, 0) is 0 Å². The second kappa shape index (κ2) is 3.91. The quantitative estimate of drug-likeness (QED) is 0.573. The highest BCUT2D eigenvalue weighted by atomic mass is 19.1. The summed E-state index contributed by atoms with van der Waals surface area (Å²) in [6, 6.07) is 4.43. The second-order valence-electron chi connectivity index (χ2n) is 3.10. The van der Waals surface area contributed by atoms with Crippen molar-refractivity contribution in [2.75, 3.05) is 0 Å². The predicted octanol–water partition coefficient (Wildman–Crippen LogP) is 3.23. The zero-order chi connectivity index (χ0) is 9.84. The SMILES string of the molecule is C#Cc1ccc(F)cc1C=C(C)C. The molecule has 0 bridgehead atoms. The highest BCUT2D eigenvalue weighted by Crippen LogP contribution is 2.13. The van der Waals surface area contributed by atoms with Gasteiger partial charge in [0.05, 0.1) is 0 Å². The van der Waals surface area contributed by atoms with Crippen LogP contribution in [0.2, 0.25) is 0 Å². The van der Waals surface area contributed by atoms with Crippen LogP contribution in [0, 0.1) is 18.2 Å². The van der Waals surface area contributed by atoms with E-state index in [1.165, 1.54) is 12.1 Å². The van der Waals surface area contributed by atoms with Gasteiger partial charge in [0.25, 0.3) is 0 Å². The van der Waals surface area contributed by atoms with Gasteiger partial charge in [-0.25, -0.2) is 4.39 Å². The Kier molecular flexibility index (Phi) is 2.87. The molecule has 0 aliphatic rings. The Morgan fingerprint density at radius 3 is 2.69 bits per heavy atom. The largest absolute Gasteiger partial charge is 0.207 e. The molecule has 66 valence electrons. The molecule has 0 aliphatic carbocycles. The van der Waals surface area contributed by atoms with Crippen molar-refractivity contribution < 1.29 is 4.39 Å². The Labute approximate surface area is 78.1 Å².